The molecular weight excluding hydrogens is 361 g/mol. The maximum absolute atomic E-state index is 6.02. The minimum Gasteiger partial charge on any atom is -0.352 e. The van der Waals surface area contributed by atoms with Gasteiger partial charge in [-0.15, -0.1) is 0 Å². The van der Waals surface area contributed by atoms with Crippen molar-refractivity contribution in [1.82, 2.24) is 9.97 Å². The first-order chi connectivity index (χ1) is 9.60. The molecule has 3 rings (SSSR count). The summed E-state index contributed by atoms with van der Waals surface area (Å²) in [6, 6.07) is 11.3. The molecule has 2 N–H and O–H groups in total. The van der Waals surface area contributed by atoms with Crippen molar-refractivity contribution in [1.29, 1.82) is 0 Å². The van der Waals surface area contributed by atoms with E-state index in [1.807, 2.05) is 36.4 Å². The van der Waals surface area contributed by atoms with E-state index in [-0.39, 0.29) is 0 Å². The van der Waals surface area contributed by atoms with Crippen LogP contribution in [0.1, 0.15) is 5.56 Å². The van der Waals surface area contributed by atoms with Crippen molar-refractivity contribution in [2.45, 2.75) is 6.54 Å². The lowest BCUT2D eigenvalue weighted by Crippen LogP contribution is -2.00. The monoisotopic (exact) mass is 369 g/mol. The molecule has 6 heteroatoms. The lowest BCUT2D eigenvalue weighted by atomic mass is 10.2. The van der Waals surface area contributed by atoms with Gasteiger partial charge in [0.1, 0.15) is 0 Å². The number of nitrogens with one attached hydrogen (secondary N) is 2. The number of anilines is 1. The third-order valence-electron chi connectivity index (χ3n) is 2.83. The number of aromatic amines is 1. The predicted octanol–water partition coefficient (Wildman–Crippen LogP) is 5.24. The van der Waals surface area contributed by atoms with E-state index in [2.05, 4.69) is 31.2 Å². The minimum atomic E-state index is 0.632. The molecule has 0 aliphatic carbocycles. The summed E-state index contributed by atoms with van der Waals surface area (Å²) < 4.78 is 0.957. The Kier molecular flexibility index (Phi) is 3.87. The van der Waals surface area contributed by atoms with E-state index >= 15 is 0 Å². The highest BCUT2D eigenvalue weighted by Crippen LogP contribution is 2.21. The molecule has 0 saturated heterocycles. The fourth-order valence-electron chi connectivity index (χ4n) is 1.96. The topological polar surface area (TPSA) is 40.7 Å². The Morgan fingerprint density at radius 1 is 1.10 bits per heavy atom. The van der Waals surface area contributed by atoms with Gasteiger partial charge in [0.05, 0.1) is 11.0 Å². The first-order valence-corrected chi connectivity index (χ1v) is 7.49. The van der Waals surface area contributed by atoms with Crippen molar-refractivity contribution in [2.24, 2.45) is 0 Å². The molecule has 1 heterocycles. The molecule has 0 fully saturated rings. The van der Waals surface area contributed by atoms with Crippen molar-refractivity contribution >= 4 is 56.1 Å². The predicted molar refractivity (Wildman–Crippen MR) is 87.6 cm³/mol. The lowest BCUT2D eigenvalue weighted by molar-refractivity contribution is 1.10. The SMILES string of the molecule is Clc1cc(Br)cc(CNc2nc3ccc(Cl)cc3[nH]2)c1. The summed E-state index contributed by atoms with van der Waals surface area (Å²) >= 11 is 15.4. The highest BCUT2D eigenvalue weighted by atomic mass is 79.9. The number of hydrogen-bond donors (Lipinski definition) is 2. The second kappa shape index (κ2) is 5.64. The van der Waals surface area contributed by atoms with Gasteiger partial charge in [0.25, 0.3) is 0 Å². The molecule has 0 aliphatic rings. The van der Waals surface area contributed by atoms with Crippen LogP contribution in [0.25, 0.3) is 11.0 Å². The van der Waals surface area contributed by atoms with Gasteiger partial charge in [-0.3, -0.25) is 0 Å². The third kappa shape index (κ3) is 3.08. The summed E-state index contributed by atoms with van der Waals surface area (Å²) in [6.45, 7) is 0.632. The molecule has 0 spiro atoms. The smallest absolute Gasteiger partial charge is 0.201 e. The number of rotatable bonds is 3. The average Bonchev–Trinajstić information content (AvgIpc) is 2.77. The first kappa shape index (κ1) is 13.7. The second-order valence-electron chi connectivity index (χ2n) is 4.38. The van der Waals surface area contributed by atoms with Gasteiger partial charge < -0.3 is 10.3 Å². The van der Waals surface area contributed by atoms with Crippen molar-refractivity contribution in [2.75, 3.05) is 5.32 Å². The summed E-state index contributed by atoms with van der Waals surface area (Å²) in [5.74, 6) is 0.707. The Hall–Kier alpha value is -1.23. The Labute approximate surface area is 134 Å². The molecule has 20 heavy (non-hydrogen) atoms. The average molecular weight is 371 g/mol. The van der Waals surface area contributed by atoms with Crippen LogP contribution in [0.5, 0.6) is 0 Å². The van der Waals surface area contributed by atoms with Crippen LogP contribution in [0.15, 0.2) is 40.9 Å². The molecule has 0 saturated carbocycles. The molecule has 1 aromatic heterocycles. The van der Waals surface area contributed by atoms with Gasteiger partial charge in [-0.25, -0.2) is 4.98 Å². The minimum absolute atomic E-state index is 0.632. The fraction of sp³-hybridized carbons (Fsp3) is 0.0714. The molecule has 0 atom stereocenters. The Morgan fingerprint density at radius 2 is 1.95 bits per heavy atom. The van der Waals surface area contributed by atoms with Gasteiger partial charge in [-0.05, 0) is 42.0 Å². The van der Waals surface area contributed by atoms with E-state index in [4.69, 9.17) is 23.2 Å². The molecule has 0 bridgehead atoms. The van der Waals surface area contributed by atoms with Crippen LogP contribution in [-0.2, 0) is 6.54 Å². The first-order valence-electron chi connectivity index (χ1n) is 5.94. The maximum atomic E-state index is 6.02. The van der Waals surface area contributed by atoms with Crippen molar-refractivity contribution in [3.8, 4) is 0 Å². The Bertz CT molecular complexity index is 750. The standard InChI is InChI=1S/C14H10BrCl2N3/c15-9-3-8(4-11(17)5-9)7-18-14-19-12-2-1-10(16)6-13(12)20-14/h1-6H,7H2,(H2,18,19,20). The van der Waals surface area contributed by atoms with Crippen molar-refractivity contribution < 1.29 is 0 Å². The molecule has 3 aromatic rings. The third-order valence-corrected chi connectivity index (χ3v) is 3.74. The van der Waals surface area contributed by atoms with Gasteiger partial charge in [-0.2, -0.15) is 0 Å². The van der Waals surface area contributed by atoms with Gasteiger partial charge in [0.2, 0.25) is 5.95 Å². The molecule has 102 valence electrons. The quantitative estimate of drug-likeness (QED) is 0.661. The number of imidazole rings is 1. The second-order valence-corrected chi connectivity index (χ2v) is 6.17. The summed E-state index contributed by atoms with van der Waals surface area (Å²) in [5.41, 5.74) is 2.86. The maximum Gasteiger partial charge on any atom is 0.201 e. The molecule has 2 aromatic carbocycles. The van der Waals surface area contributed by atoms with Crippen LogP contribution in [0, 0.1) is 0 Å². The lowest BCUT2D eigenvalue weighted by Gasteiger charge is -2.04. The van der Waals surface area contributed by atoms with E-state index in [0.717, 1.165) is 21.1 Å². The summed E-state index contributed by atoms with van der Waals surface area (Å²) in [5, 5.41) is 4.62. The number of halogens is 3. The zero-order valence-corrected chi connectivity index (χ0v) is 13.4. The fourth-order valence-corrected chi connectivity index (χ4v) is 3.07. The molecule has 3 nitrogen and oxygen atoms in total. The van der Waals surface area contributed by atoms with Crippen LogP contribution in [0.2, 0.25) is 10.0 Å². The Balaban J connectivity index is 1.79. The van der Waals surface area contributed by atoms with Gasteiger partial charge in [0, 0.05) is 21.1 Å². The van der Waals surface area contributed by atoms with E-state index in [1.54, 1.807) is 0 Å². The number of H-pyrrole nitrogens is 1. The van der Waals surface area contributed by atoms with E-state index in [9.17, 15) is 0 Å². The number of fused-ring (bicyclic) bond motifs is 1. The highest BCUT2D eigenvalue weighted by Gasteiger charge is 2.04. The zero-order chi connectivity index (χ0) is 14.1. The molecule has 0 unspecified atom stereocenters. The number of aromatic nitrogens is 2. The van der Waals surface area contributed by atoms with E-state index in [1.165, 1.54) is 0 Å². The van der Waals surface area contributed by atoms with Crippen LogP contribution >= 0.6 is 39.1 Å². The summed E-state index contributed by atoms with van der Waals surface area (Å²) in [4.78, 5) is 7.63. The normalized spacial score (nSPS) is 10.9. The van der Waals surface area contributed by atoms with Crippen LogP contribution in [0.3, 0.4) is 0 Å². The van der Waals surface area contributed by atoms with Crippen molar-refractivity contribution in [3.05, 3.63) is 56.5 Å². The van der Waals surface area contributed by atoms with E-state index in [0.29, 0.717) is 22.5 Å². The number of nitrogens with zero attached hydrogens (tertiary/aromatic N) is 1. The zero-order valence-electron chi connectivity index (χ0n) is 10.3. The Morgan fingerprint density at radius 3 is 2.75 bits per heavy atom. The van der Waals surface area contributed by atoms with Gasteiger partial charge in [-0.1, -0.05) is 39.1 Å². The van der Waals surface area contributed by atoms with E-state index < -0.39 is 0 Å². The largest absolute Gasteiger partial charge is 0.352 e. The molecule has 0 radical (unpaired) electrons. The van der Waals surface area contributed by atoms with Crippen LogP contribution in [0.4, 0.5) is 5.95 Å². The highest BCUT2D eigenvalue weighted by molar-refractivity contribution is 9.10. The van der Waals surface area contributed by atoms with Crippen molar-refractivity contribution in [3.63, 3.8) is 0 Å². The summed E-state index contributed by atoms with van der Waals surface area (Å²) in [6.07, 6.45) is 0. The number of benzene rings is 2. The van der Waals surface area contributed by atoms with Crippen LogP contribution < -0.4 is 5.32 Å². The van der Waals surface area contributed by atoms with Gasteiger partial charge >= 0.3 is 0 Å². The molecule has 0 amide bonds. The number of hydrogen-bond acceptors (Lipinski definition) is 2. The molecule has 0 aliphatic heterocycles. The van der Waals surface area contributed by atoms with Crippen LogP contribution in [-0.4, -0.2) is 9.97 Å². The summed E-state index contributed by atoms with van der Waals surface area (Å²) in [7, 11) is 0. The van der Waals surface area contributed by atoms with Gasteiger partial charge in [0.15, 0.2) is 0 Å². The molecular formula is C14H10BrCl2N3.